The summed E-state index contributed by atoms with van der Waals surface area (Å²) >= 11 is 1.30. The standard InChI is InChI=1S/C22H25N3O5S3/c1-16-20(21(26)24-33(3,29)30)23-22(31-16)25(15-18-8-5-4-6-9-18)13-12-17-10-7-11-19(14-17)32(2,27)28/h4-11,14H,12-13,15H2,1-3H3,(H,24,26). The number of thiazole rings is 1. The van der Waals surface area contributed by atoms with Crippen molar-refractivity contribution < 1.29 is 21.6 Å². The molecule has 0 spiro atoms. The number of aromatic nitrogens is 1. The molecule has 1 amide bonds. The molecule has 11 heteroatoms. The Kier molecular flexibility index (Phi) is 7.55. The molecule has 0 fully saturated rings. The molecule has 8 nitrogen and oxygen atoms in total. The lowest BCUT2D eigenvalue weighted by atomic mass is 10.1. The number of anilines is 1. The fourth-order valence-electron chi connectivity index (χ4n) is 3.19. The number of benzene rings is 2. The van der Waals surface area contributed by atoms with Gasteiger partial charge in [0.05, 0.1) is 11.2 Å². The van der Waals surface area contributed by atoms with Crippen molar-refractivity contribution in [1.82, 2.24) is 9.71 Å². The number of sulfonamides is 1. The summed E-state index contributed by atoms with van der Waals surface area (Å²) in [4.78, 5) is 19.7. The fraction of sp³-hybridized carbons (Fsp3) is 0.273. The summed E-state index contributed by atoms with van der Waals surface area (Å²) in [6.07, 6.45) is 2.65. The highest BCUT2D eigenvalue weighted by Crippen LogP contribution is 2.27. The van der Waals surface area contributed by atoms with E-state index in [1.807, 2.05) is 46.0 Å². The molecule has 0 radical (unpaired) electrons. The Morgan fingerprint density at radius 2 is 1.67 bits per heavy atom. The highest BCUT2D eigenvalue weighted by atomic mass is 32.2. The van der Waals surface area contributed by atoms with E-state index < -0.39 is 25.8 Å². The van der Waals surface area contributed by atoms with Crippen molar-refractivity contribution in [3.8, 4) is 0 Å². The lowest BCUT2D eigenvalue weighted by molar-refractivity contribution is 0.0977. The van der Waals surface area contributed by atoms with E-state index in [1.54, 1.807) is 25.1 Å². The summed E-state index contributed by atoms with van der Waals surface area (Å²) in [7, 11) is -7.02. The molecule has 0 aliphatic carbocycles. The zero-order chi connectivity index (χ0) is 24.2. The second-order valence-corrected chi connectivity index (χ2v) is 12.6. The van der Waals surface area contributed by atoms with Crippen LogP contribution in [0, 0.1) is 6.92 Å². The number of carbonyl (C=O) groups is 1. The first kappa shape index (κ1) is 24.9. The highest BCUT2D eigenvalue weighted by Gasteiger charge is 2.21. The Hall–Kier alpha value is -2.76. The molecular weight excluding hydrogens is 482 g/mol. The maximum Gasteiger partial charge on any atom is 0.284 e. The summed E-state index contributed by atoms with van der Waals surface area (Å²) in [5, 5.41) is 0.578. The predicted octanol–water partition coefficient (Wildman–Crippen LogP) is 2.79. The molecule has 33 heavy (non-hydrogen) atoms. The molecule has 0 atom stereocenters. The van der Waals surface area contributed by atoms with E-state index in [4.69, 9.17) is 0 Å². The van der Waals surface area contributed by atoms with Crippen LogP contribution in [0.15, 0.2) is 59.5 Å². The molecule has 0 aliphatic rings. The molecule has 176 valence electrons. The normalized spacial score (nSPS) is 11.8. The molecule has 3 rings (SSSR count). The Bertz CT molecular complexity index is 1350. The molecule has 0 aliphatic heterocycles. The smallest absolute Gasteiger partial charge is 0.284 e. The van der Waals surface area contributed by atoms with E-state index in [2.05, 4.69) is 4.98 Å². The summed E-state index contributed by atoms with van der Waals surface area (Å²) in [6, 6.07) is 16.6. The number of nitrogens with zero attached hydrogens (tertiary/aromatic N) is 2. The second-order valence-electron chi connectivity index (χ2n) is 7.68. The van der Waals surface area contributed by atoms with Crippen molar-refractivity contribution in [3.63, 3.8) is 0 Å². The second kappa shape index (κ2) is 10.0. The maximum absolute atomic E-state index is 12.4. The molecule has 1 heterocycles. The van der Waals surface area contributed by atoms with Gasteiger partial charge in [0.25, 0.3) is 5.91 Å². The summed E-state index contributed by atoms with van der Waals surface area (Å²) in [5.74, 6) is -0.766. The van der Waals surface area contributed by atoms with Gasteiger partial charge >= 0.3 is 0 Å². The van der Waals surface area contributed by atoms with Crippen LogP contribution in [-0.2, 0) is 32.8 Å². The zero-order valence-electron chi connectivity index (χ0n) is 18.5. The van der Waals surface area contributed by atoms with E-state index in [-0.39, 0.29) is 10.6 Å². The quantitative estimate of drug-likeness (QED) is 0.474. The van der Waals surface area contributed by atoms with Gasteiger partial charge in [0.2, 0.25) is 10.0 Å². The van der Waals surface area contributed by atoms with Crippen LogP contribution in [0.2, 0.25) is 0 Å². The molecule has 0 saturated carbocycles. The number of hydrogen-bond acceptors (Lipinski definition) is 8. The molecule has 0 saturated heterocycles. The first-order valence-corrected chi connectivity index (χ1v) is 14.6. The van der Waals surface area contributed by atoms with Crippen LogP contribution in [0.3, 0.4) is 0 Å². The third-order valence-corrected chi connectivity index (χ3v) is 7.46. The average Bonchev–Trinajstić information content (AvgIpc) is 3.12. The van der Waals surface area contributed by atoms with Crippen molar-refractivity contribution in [2.24, 2.45) is 0 Å². The lowest BCUT2D eigenvalue weighted by Crippen LogP contribution is -2.30. The third-order valence-electron chi connectivity index (χ3n) is 4.76. The molecule has 0 bridgehead atoms. The lowest BCUT2D eigenvalue weighted by Gasteiger charge is -2.22. The third kappa shape index (κ3) is 7.11. The number of hydrogen-bond donors (Lipinski definition) is 1. The first-order valence-electron chi connectivity index (χ1n) is 10.00. The van der Waals surface area contributed by atoms with Gasteiger partial charge in [0.1, 0.15) is 5.69 Å². The van der Waals surface area contributed by atoms with Crippen LogP contribution >= 0.6 is 11.3 Å². The van der Waals surface area contributed by atoms with E-state index in [0.29, 0.717) is 29.5 Å². The van der Waals surface area contributed by atoms with E-state index in [9.17, 15) is 21.6 Å². The van der Waals surface area contributed by atoms with Gasteiger partial charge in [-0.1, -0.05) is 42.5 Å². The Morgan fingerprint density at radius 3 is 2.30 bits per heavy atom. The van der Waals surface area contributed by atoms with Crippen LogP contribution in [0.5, 0.6) is 0 Å². The van der Waals surface area contributed by atoms with Gasteiger partial charge in [0.15, 0.2) is 15.0 Å². The van der Waals surface area contributed by atoms with Gasteiger partial charge in [-0.2, -0.15) is 0 Å². The monoisotopic (exact) mass is 507 g/mol. The van der Waals surface area contributed by atoms with Crippen molar-refractivity contribution >= 4 is 42.2 Å². The van der Waals surface area contributed by atoms with Crippen LogP contribution in [0.4, 0.5) is 5.13 Å². The number of nitrogens with one attached hydrogen (secondary N) is 1. The average molecular weight is 508 g/mol. The van der Waals surface area contributed by atoms with Gasteiger partial charge in [0, 0.05) is 24.2 Å². The Morgan fingerprint density at radius 1 is 1.00 bits per heavy atom. The van der Waals surface area contributed by atoms with Gasteiger partial charge in [-0.15, -0.1) is 11.3 Å². The molecular formula is C22H25N3O5S3. The first-order chi connectivity index (χ1) is 15.4. The van der Waals surface area contributed by atoms with Crippen molar-refractivity contribution in [2.75, 3.05) is 24.0 Å². The molecule has 1 N–H and O–H groups in total. The Balaban J connectivity index is 1.88. The van der Waals surface area contributed by atoms with Crippen LogP contribution < -0.4 is 9.62 Å². The number of sulfone groups is 1. The minimum Gasteiger partial charge on any atom is -0.343 e. The number of aryl methyl sites for hydroxylation is 1. The van der Waals surface area contributed by atoms with Crippen molar-refractivity contribution in [2.45, 2.75) is 24.8 Å². The topological polar surface area (TPSA) is 114 Å². The molecule has 0 unspecified atom stereocenters. The van der Waals surface area contributed by atoms with Crippen molar-refractivity contribution in [1.29, 1.82) is 0 Å². The summed E-state index contributed by atoms with van der Waals surface area (Å²) in [6.45, 7) is 2.75. The summed E-state index contributed by atoms with van der Waals surface area (Å²) < 4.78 is 48.6. The minimum absolute atomic E-state index is 0.0672. The Labute approximate surface area is 198 Å². The van der Waals surface area contributed by atoms with Gasteiger partial charge < -0.3 is 4.90 Å². The largest absolute Gasteiger partial charge is 0.343 e. The molecule has 3 aromatic rings. The maximum atomic E-state index is 12.4. The fourth-order valence-corrected chi connectivity index (χ4v) is 5.24. The highest BCUT2D eigenvalue weighted by molar-refractivity contribution is 7.90. The van der Waals surface area contributed by atoms with E-state index in [1.165, 1.54) is 17.6 Å². The van der Waals surface area contributed by atoms with Crippen molar-refractivity contribution in [3.05, 3.63) is 76.3 Å². The molecule has 2 aromatic carbocycles. The zero-order valence-corrected chi connectivity index (χ0v) is 20.9. The van der Waals surface area contributed by atoms with Gasteiger partial charge in [-0.25, -0.2) is 26.5 Å². The summed E-state index contributed by atoms with van der Waals surface area (Å²) in [5.41, 5.74) is 1.97. The van der Waals surface area contributed by atoms with E-state index >= 15 is 0 Å². The number of carbonyl (C=O) groups excluding carboxylic acids is 1. The van der Waals surface area contributed by atoms with Crippen LogP contribution in [0.25, 0.3) is 0 Å². The SMILES string of the molecule is Cc1sc(N(CCc2cccc(S(C)(=O)=O)c2)Cc2ccccc2)nc1C(=O)NS(C)(=O)=O. The van der Waals surface area contributed by atoms with Crippen LogP contribution in [0.1, 0.15) is 26.5 Å². The number of amides is 1. The van der Waals surface area contributed by atoms with Crippen LogP contribution in [-0.4, -0.2) is 46.8 Å². The predicted molar refractivity (Wildman–Crippen MR) is 130 cm³/mol. The molecule has 1 aromatic heterocycles. The van der Waals surface area contributed by atoms with E-state index in [0.717, 1.165) is 17.4 Å². The van der Waals surface area contributed by atoms with Gasteiger partial charge in [-0.05, 0) is 36.6 Å². The minimum atomic E-state index is -3.71. The van der Waals surface area contributed by atoms with Gasteiger partial charge in [-0.3, -0.25) is 4.79 Å². The number of rotatable bonds is 9.